The molecule has 0 aliphatic rings. The van der Waals surface area contributed by atoms with E-state index in [0.29, 0.717) is 6.42 Å². The van der Waals surface area contributed by atoms with Gasteiger partial charge >= 0.3 is 49.7 Å². The van der Waals surface area contributed by atoms with Crippen LogP contribution in [0.2, 0.25) is 0 Å². The molecule has 0 heterocycles. The second-order valence-electron chi connectivity index (χ2n) is 5.98. The van der Waals surface area contributed by atoms with Crippen molar-refractivity contribution in [1.82, 2.24) is 0 Å². The van der Waals surface area contributed by atoms with E-state index in [1.54, 1.807) is 12.2 Å². The van der Waals surface area contributed by atoms with Gasteiger partial charge in [-0.3, -0.25) is 9.59 Å². The molecule has 2 N–H and O–H groups in total. The van der Waals surface area contributed by atoms with Crippen molar-refractivity contribution < 1.29 is 77.3 Å². The van der Waals surface area contributed by atoms with Crippen LogP contribution < -0.4 is 47.9 Å². The molecule has 0 spiro atoms. The van der Waals surface area contributed by atoms with Crippen molar-refractivity contribution in [2.75, 3.05) is 0 Å². The van der Waals surface area contributed by atoms with Crippen molar-refractivity contribution in [1.29, 1.82) is 0 Å². The van der Waals surface area contributed by atoms with Gasteiger partial charge in [-0.1, -0.05) is 67.9 Å². The van der Waals surface area contributed by atoms with Crippen LogP contribution in [0.25, 0.3) is 0 Å². The molecule has 0 aromatic rings. The molecule has 0 aliphatic heterocycles. The quantitative estimate of drug-likeness (QED) is 0.217. The Labute approximate surface area is 217 Å². The zero-order chi connectivity index (χ0) is 20.3. The number of allylic oxidation sites excluding steroid dienone is 4. The summed E-state index contributed by atoms with van der Waals surface area (Å²) in [5.74, 6) is -10.5. The number of hydrogen-bond acceptors (Lipinski definition) is 6. The first-order chi connectivity index (χ1) is 12.1. The summed E-state index contributed by atoms with van der Waals surface area (Å²) in [5.41, 5.74) is 0. The average molecular weight is 446 g/mol. The Kier molecular flexibility index (Phi) is 38.8. The Morgan fingerprint density at radius 3 is 1.25 bits per heavy atom. The number of carboxylic acids is 4. The van der Waals surface area contributed by atoms with E-state index >= 15 is 0 Å². The van der Waals surface area contributed by atoms with E-state index in [4.69, 9.17) is 0 Å². The molecule has 0 aromatic carbocycles. The molecule has 0 bridgehead atoms. The van der Waals surface area contributed by atoms with E-state index in [9.17, 15) is 39.6 Å². The molecule has 10 heteroatoms. The monoisotopic (exact) mass is 446 g/mol. The first-order valence-electron chi connectivity index (χ1n) is 8.30. The van der Waals surface area contributed by atoms with Gasteiger partial charge in [0.2, 0.25) is 0 Å². The van der Waals surface area contributed by atoms with E-state index in [2.05, 4.69) is 0 Å². The summed E-state index contributed by atoms with van der Waals surface area (Å²) in [6.07, 6.45) is 6.51. The maximum absolute atomic E-state index is 11.4. The molecule has 4 unspecified atom stereocenters. The van der Waals surface area contributed by atoms with Gasteiger partial charge in [0.25, 0.3) is 0 Å². The first kappa shape index (κ1) is 48.1. The number of rotatable bonds is 13. The van der Waals surface area contributed by atoms with Gasteiger partial charge in [0.15, 0.2) is 0 Å². The third-order valence-corrected chi connectivity index (χ3v) is 4.14. The summed E-state index contributed by atoms with van der Waals surface area (Å²) < 4.78 is 0. The van der Waals surface area contributed by atoms with Crippen molar-refractivity contribution in [3.8, 4) is 0 Å². The topological polar surface area (TPSA) is 155 Å². The average Bonchev–Trinajstić information content (AvgIpc) is 2.54. The largest absolute Gasteiger partial charge is 1.00 e. The number of carboxylic acid groups (broad SMARTS) is 4. The van der Waals surface area contributed by atoms with Crippen LogP contribution in [0.15, 0.2) is 24.3 Å². The Balaban J connectivity index is -0.000000208. The van der Waals surface area contributed by atoms with Gasteiger partial charge in [-0.15, -0.1) is 0 Å². The van der Waals surface area contributed by atoms with Crippen LogP contribution in [0.1, 0.15) is 69.2 Å². The molecule has 8 nitrogen and oxygen atoms in total. The van der Waals surface area contributed by atoms with Crippen molar-refractivity contribution in [2.24, 2.45) is 23.7 Å². The maximum atomic E-state index is 11.4. The van der Waals surface area contributed by atoms with Gasteiger partial charge in [0, 0.05) is 23.8 Å². The van der Waals surface area contributed by atoms with E-state index < -0.39 is 47.5 Å². The first-order valence-corrected chi connectivity index (χ1v) is 8.30. The summed E-state index contributed by atoms with van der Waals surface area (Å²) in [6, 6.07) is 0. The Hall–Kier alpha value is -1.45. The molecule has 0 aliphatic carbocycles. The normalized spacial score (nSPS) is 13.2. The molecule has 32 heavy (non-hydrogen) atoms. The third-order valence-electron chi connectivity index (χ3n) is 4.14. The van der Waals surface area contributed by atoms with Gasteiger partial charge in [-0.2, -0.15) is 0 Å². The number of hydrogen-bond donors (Lipinski definition) is 2. The van der Waals surface area contributed by atoms with Crippen molar-refractivity contribution in [3.63, 3.8) is 0 Å². The smallest absolute Gasteiger partial charge is 0.550 e. The Morgan fingerprint density at radius 2 is 1.00 bits per heavy atom. The van der Waals surface area contributed by atoms with Gasteiger partial charge in [0.1, 0.15) is 0 Å². The summed E-state index contributed by atoms with van der Waals surface area (Å²) in [5, 5.41) is 40.4. The summed E-state index contributed by atoms with van der Waals surface area (Å²) in [4.78, 5) is 44.6. The molecule has 0 aromatic heterocycles. The predicted octanol–water partition coefficient (Wildman–Crippen LogP) is -3.61. The standard InChI is InChI=1S/C18H26O8.4CH4.2Li/c1-3-4-5-9-13(17(23)24)14(18(25)26)10-7-6-8-12(16(21)22)11(2)15(19)20;;;;;;/h4-7,11-14H,3,8-10H2,1-2H3,(H,19,20)(H,21,22)(H,23,24)(H,25,26);4*1H4;;/q;;;;;2*+1/p-2. The Morgan fingerprint density at radius 1 is 0.688 bits per heavy atom. The van der Waals surface area contributed by atoms with E-state index in [-0.39, 0.29) is 86.7 Å². The van der Waals surface area contributed by atoms with Crippen LogP contribution in [-0.4, -0.2) is 34.1 Å². The predicted molar refractivity (Wildman–Crippen MR) is 114 cm³/mol. The van der Waals surface area contributed by atoms with Crippen molar-refractivity contribution in [2.45, 2.75) is 69.2 Å². The minimum Gasteiger partial charge on any atom is -0.550 e. The van der Waals surface area contributed by atoms with E-state index in [1.165, 1.54) is 19.1 Å². The molecule has 0 saturated carbocycles. The van der Waals surface area contributed by atoms with Crippen molar-refractivity contribution >= 4 is 23.9 Å². The number of aliphatic carboxylic acids is 4. The van der Waals surface area contributed by atoms with Gasteiger partial charge < -0.3 is 30.0 Å². The van der Waals surface area contributed by atoms with Crippen LogP contribution in [-0.2, 0) is 19.2 Å². The summed E-state index contributed by atoms with van der Waals surface area (Å²) >= 11 is 0. The molecule has 178 valence electrons. The van der Waals surface area contributed by atoms with Crippen LogP contribution in [0.3, 0.4) is 0 Å². The molecule has 0 rings (SSSR count). The van der Waals surface area contributed by atoms with Crippen LogP contribution in [0.5, 0.6) is 0 Å². The molecule has 4 atom stereocenters. The zero-order valence-corrected chi connectivity index (χ0v) is 16.8. The summed E-state index contributed by atoms with van der Waals surface area (Å²) in [6.45, 7) is 3.05. The fourth-order valence-corrected chi connectivity index (χ4v) is 2.44. The third kappa shape index (κ3) is 18.2. The fraction of sp³-hybridized carbons (Fsp3) is 0.636. The van der Waals surface area contributed by atoms with Crippen LogP contribution in [0.4, 0.5) is 0 Å². The molecule has 0 saturated heterocycles. The number of carbonyl (C=O) groups is 4. The van der Waals surface area contributed by atoms with Crippen LogP contribution >= 0.6 is 0 Å². The maximum Gasteiger partial charge on any atom is 1.00 e. The van der Waals surface area contributed by atoms with Gasteiger partial charge in [-0.25, -0.2) is 0 Å². The SMILES string of the molecule is C.C.C.C.CCC=CCC(C(=O)O)C(CC=CCC(C(=O)[O-])C(C)C(=O)[O-])C(=O)O.[Li+].[Li+]. The van der Waals surface area contributed by atoms with Gasteiger partial charge in [0.05, 0.1) is 11.8 Å². The minimum absolute atomic E-state index is 0. The second-order valence-corrected chi connectivity index (χ2v) is 5.98. The van der Waals surface area contributed by atoms with E-state index in [0.717, 1.165) is 0 Å². The molecular weight excluding hydrogens is 406 g/mol. The van der Waals surface area contributed by atoms with Crippen molar-refractivity contribution in [3.05, 3.63) is 24.3 Å². The fourth-order valence-electron chi connectivity index (χ4n) is 2.44. The molecule has 0 fully saturated rings. The number of carbonyl (C=O) groups excluding carboxylic acids is 2. The second kappa shape index (κ2) is 25.8. The minimum atomic E-state index is -1.55. The molecular formula is C22H40Li2O8. The molecule has 0 radical (unpaired) electrons. The summed E-state index contributed by atoms with van der Waals surface area (Å²) in [7, 11) is 0. The Bertz CT molecular complexity index is 576. The van der Waals surface area contributed by atoms with Gasteiger partial charge in [-0.05, 0) is 25.7 Å². The van der Waals surface area contributed by atoms with E-state index in [1.807, 2.05) is 6.92 Å². The molecule has 0 amide bonds. The zero-order valence-electron chi connectivity index (χ0n) is 16.8. The van der Waals surface area contributed by atoms with Crippen LogP contribution in [0, 0.1) is 23.7 Å².